The molecule has 2 aromatic rings. The van der Waals surface area contributed by atoms with Gasteiger partial charge < -0.3 is 20.9 Å². The fourth-order valence-electron chi connectivity index (χ4n) is 1.78. The van der Waals surface area contributed by atoms with Crippen LogP contribution in [0.5, 0.6) is 11.5 Å². The van der Waals surface area contributed by atoms with Gasteiger partial charge in [-0.3, -0.25) is 10.1 Å². The van der Waals surface area contributed by atoms with Gasteiger partial charge in [-0.05, 0) is 12.1 Å². The van der Waals surface area contributed by atoms with Gasteiger partial charge in [0, 0.05) is 18.2 Å². The highest BCUT2D eigenvalue weighted by atomic mass is 19.4. The molecule has 0 aliphatic rings. The highest BCUT2D eigenvalue weighted by molar-refractivity contribution is 5.59. The summed E-state index contributed by atoms with van der Waals surface area (Å²) in [6.07, 6.45) is -9.07. The molecule has 15 heteroatoms. The summed E-state index contributed by atoms with van der Waals surface area (Å²) < 4.78 is 105. The van der Waals surface area contributed by atoms with Crippen LogP contribution in [-0.4, -0.2) is 30.5 Å². The Bertz CT molecular complexity index is 919. The molecule has 0 spiro atoms. The summed E-state index contributed by atoms with van der Waals surface area (Å²) >= 11 is 0. The molecule has 4 N–H and O–H groups in total. The number of anilines is 2. The quantitative estimate of drug-likeness (QED) is 0.290. The Morgan fingerprint density at radius 1 is 0.839 bits per heavy atom. The van der Waals surface area contributed by atoms with E-state index in [9.17, 15) is 45.2 Å². The molecule has 0 unspecified atom stereocenters. The lowest BCUT2D eigenvalue weighted by molar-refractivity contribution is -0.387. The minimum atomic E-state index is -4.61. The lowest BCUT2D eigenvalue weighted by Gasteiger charge is -2.10. The van der Waals surface area contributed by atoms with Crippen LogP contribution in [0.3, 0.4) is 0 Å². The molecule has 31 heavy (non-hydrogen) atoms. The average Bonchev–Trinajstić information content (AvgIpc) is 2.62. The first-order valence-corrected chi connectivity index (χ1v) is 7.76. The summed E-state index contributed by atoms with van der Waals surface area (Å²) in [6, 6.07) is 4.03. The van der Waals surface area contributed by atoms with Crippen molar-refractivity contribution in [2.75, 3.05) is 24.7 Å². The monoisotopic (exact) mass is 463 g/mol. The Morgan fingerprint density at radius 3 is 1.77 bits per heavy atom. The fraction of sp³-hybridized carbons (Fsp3) is 0.250. The van der Waals surface area contributed by atoms with Crippen LogP contribution in [0.2, 0.25) is 0 Å². The van der Waals surface area contributed by atoms with Gasteiger partial charge in [0.15, 0.2) is 13.2 Å². The van der Waals surface area contributed by atoms with Gasteiger partial charge in [-0.1, -0.05) is 0 Å². The lowest BCUT2D eigenvalue weighted by atomic mass is 10.2. The SMILES string of the molecule is Nc1cc([N+](=O)[O-])c(F)cc1OCC(F)(F)F.Nc1ccc(F)cc1OCC(F)(F)F. The molecule has 0 aliphatic carbocycles. The second kappa shape index (κ2) is 9.99. The molecular weight excluding hydrogens is 450 g/mol. The number of nitrogens with zero attached hydrogens (tertiary/aromatic N) is 1. The van der Waals surface area contributed by atoms with Gasteiger partial charge in [0.25, 0.3) is 0 Å². The molecule has 0 bridgehead atoms. The van der Waals surface area contributed by atoms with Crippen LogP contribution in [0.4, 0.5) is 52.2 Å². The van der Waals surface area contributed by atoms with E-state index in [1.165, 1.54) is 0 Å². The van der Waals surface area contributed by atoms with Gasteiger partial charge >= 0.3 is 18.0 Å². The highest BCUT2D eigenvalue weighted by Crippen LogP contribution is 2.30. The van der Waals surface area contributed by atoms with Gasteiger partial charge in [0.1, 0.15) is 17.3 Å². The molecule has 0 aliphatic heterocycles. The Morgan fingerprint density at radius 2 is 1.32 bits per heavy atom. The predicted molar refractivity (Wildman–Crippen MR) is 91.4 cm³/mol. The van der Waals surface area contributed by atoms with Gasteiger partial charge in [0.05, 0.1) is 16.3 Å². The molecule has 0 aromatic heterocycles. The molecule has 172 valence electrons. The second-order valence-electron chi connectivity index (χ2n) is 5.59. The van der Waals surface area contributed by atoms with E-state index in [2.05, 4.69) is 9.47 Å². The van der Waals surface area contributed by atoms with Crippen molar-refractivity contribution in [3.05, 3.63) is 52.1 Å². The third-order valence-electron chi connectivity index (χ3n) is 3.03. The molecule has 2 aromatic carbocycles. The highest BCUT2D eigenvalue weighted by Gasteiger charge is 2.30. The first kappa shape index (κ1) is 25.5. The number of nitro benzene ring substituents is 1. The minimum Gasteiger partial charge on any atom is -0.482 e. The summed E-state index contributed by atoms with van der Waals surface area (Å²) in [7, 11) is 0. The Hall–Kier alpha value is -3.52. The third-order valence-corrected chi connectivity index (χ3v) is 3.03. The average molecular weight is 463 g/mol. The second-order valence-corrected chi connectivity index (χ2v) is 5.59. The van der Waals surface area contributed by atoms with Crippen molar-refractivity contribution in [1.29, 1.82) is 0 Å². The van der Waals surface area contributed by atoms with Crippen molar-refractivity contribution in [1.82, 2.24) is 0 Å². The standard InChI is InChI=1S/C8H6F4N2O3.C8H7F4NO/c9-4-1-7(17-3-8(10,11)12)5(13)2-6(4)14(15)16;9-5-1-2-6(13)7(3-5)14-4-8(10,11)12/h1-2H,3,13H2;1-3H,4,13H2. The van der Waals surface area contributed by atoms with Crippen LogP contribution in [0.1, 0.15) is 0 Å². The zero-order valence-corrected chi connectivity index (χ0v) is 15.1. The van der Waals surface area contributed by atoms with Crippen molar-refractivity contribution >= 4 is 17.1 Å². The molecule has 0 radical (unpaired) electrons. The lowest BCUT2D eigenvalue weighted by Crippen LogP contribution is -2.19. The fourth-order valence-corrected chi connectivity index (χ4v) is 1.78. The van der Waals surface area contributed by atoms with Gasteiger partial charge in [-0.15, -0.1) is 0 Å². The number of benzene rings is 2. The molecule has 0 atom stereocenters. The predicted octanol–water partition coefficient (Wildman–Crippen LogP) is 4.61. The minimum absolute atomic E-state index is 0.0318. The van der Waals surface area contributed by atoms with Crippen LogP contribution in [0.15, 0.2) is 30.3 Å². The Labute approximate surface area is 168 Å². The van der Waals surface area contributed by atoms with Gasteiger partial charge in [-0.2, -0.15) is 30.7 Å². The number of ether oxygens (including phenoxy) is 2. The first-order valence-electron chi connectivity index (χ1n) is 7.76. The van der Waals surface area contributed by atoms with Gasteiger partial charge in [-0.25, -0.2) is 4.39 Å². The van der Waals surface area contributed by atoms with E-state index in [4.69, 9.17) is 11.5 Å². The van der Waals surface area contributed by atoms with E-state index in [1.807, 2.05) is 0 Å². The number of nitrogen functional groups attached to an aromatic ring is 2. The number of nitro groups is 1. The van der Waals surface area contributed by atoms with Crippen LogP contribution >= 0.6 is 0 Å². The Kier molecular flexibility index (Phi) is 8.22. The number of hydrogen-bond acceptors (Lipinski definition) is 6. The summed E-state index contributed by atoms with van der Waals surface area (Å²) in [5.74, 6) is -2.91. The van der Waals surface area contributed by atoms with Crippen LogP contribution in [-0.2, 0) is 0 Å². The molecule has 7 nitrogen and oxygen atoms in total. The summed E-state index contributed by atoms with van der Waals surface area (Å²) in [5.41, 5.74) is 9.05. The molecule has 0 amide bonds. The normalized spacial score (nSPS) is 11.4. The first-order chi connectivity index (χ1) is 14.1. The summed E-state index contributed by atoms with van der Waals surface area (Å²) in [4.78, 5) is 9.25. The maximum Gasteiger partial charge on any atom is 0.422 e. The van der Waals surface area contributed by atoms with E-state index < -0.39 is 59.2 Å². The number of alkyl halides is 6. The van der Waals surface area contributed by atoms with Crippen molar-refractivity contribution in [3.8, 4) is 11.5 Å². The van der Waals surface area contributed by atoms with Crippen LogP contribution < -0.4 is 20.9 Å². The van der Waals surface area contributed by atoms with Crippen molar-refractivity contribution in [3.63, 3.8) is 0 Å². The number of hydrogen-bond donors (Lipinski definition) is 2. The number of rotatable bonds is 5. The van der Waals surface area contributed by atoms with E-state index >= 15 is 0 Å². The van der Waals surface area contributed by atoms with Crippen molar-refractivity contribution in [2.24, 2.45) is 0 Å². The van der Waals surface area contributed by atoms with E-state index in [-0.39, 0.29) is 11.4 Å². The smallest absolute Gasteiger partial charge is 0.422 e. The summed E-state index contributed by atoms with van der Waals surface area (Å²) in [6.45, 7) is -3.14. The molecule has 2 rings (SSSR count). The van der Waals surface area contributed by atoms with E-state index in [0.717, 1.165) is 18.2 Å². The number of halogens is 8. The molecular formula is C16H13F8N3O4. The zero-order valence-electron chi connectivity index (χ0n) is 15.1. The maximum atomic E-state index is 13.0. The van der Waals surface area contributed by atoms with Crippen LogP contribution in [0.25, 0.3) is 0 Å². The zero-order chi connectivity index (χ0) is 24.0. The molecule has 0 heterocycles. The van der Waals surface area contributed by atoms with E-state index in [1.54, 1.807) is 0 Å². The van der Waals surface area contributed by atoms with Crippen LogP contribution in [0, 0.1) is 21.7 Å². The largest absolute Gasteiger partial charge is 0.482 e. The van der Waals surface area contributed by atoms with Crippen molar-refractivity contribution < 1.29 is 49.5 Å². The van der Waals surface area contributed by atoms with Gasteiger partial charge in [0.2, 0.25) is 5.82 Å². The molecule has 0 fully saturated rings. The number of nitrogens with two attached hydrogens (primary N) is 2. The maximum absolute atomic E-state index is 13.0. The topological polar surface area (TPSA) is 114 Å². The molecule has 0 saturated carbocycles. The summed E-state index contributed by atoms with van der Waals surface area (Å²) in [5, 5.41) is 10.3. The Balaban J connectivity index is 0.000000316. The third kappa shape index (κ3) is 9.22. The van der Waals surface area contributed by atoms with E-state index in [0.29, 0.717) is 12.1 Å². The van der Waals surface area contributed by atoms with Crippen molar-refractivity contribution in [2.45, 2.75) is 12.4 Å². The molecule has 0 saturated heterocycles.